The maximum atomic E-state index is 5.24. The Morgan fingerprint density at radius 2 is 1.88 bits per heavy atom. The zero-order chi connectivity index (χ0) is 17.4. The van der Waals surface area contributed by atoms with Crippen molar-refractivity contribution >= 4 is 28.6 Å². The van der Waals surface area contributed by atoms with Crippen LogP contribution in [0.2, 0.25) is 0 Å². The molecule has 4 rings (SSSR count). The fourth-order valence-electron chi connectivity index (χ4n) is 2.90. The van der Waals surface area contributed by atoms with E-state index in [2.05, 4.69) is 44.5 Å². The van der Waals surface area contributed by atoms with Crippen LogP contribution in [0.25, 0.3) is 17.0 Å². The fraction of sp³-hybridized carbons (Fsp3) is 0.158. The van der Waals surface area contributed by atoms with Gasteiger partial charge in [-0.1, -0.05) is 0 Å². The molecular weight excluding hydrogens is 332 g/mol. The summed E-state index contributed by atoms with van der Waals surface area (Å²) in [6, 6.07) is 12.0. The highest BCUT2D eigenvalue weighted by Crippen LogP contribution is 2.33. The number of nitrogens with zero attached hydrogens (tertiary/aromatic N) is 3. The van der Waals surface area contributed by atoms with Crippen LogP contribution in [0.5, 0.6) is 5.75 Å². The Bertz CT molecular complexity index is 1020. The number of anilines is 2. The van der Waals surface area contributed by atoms with Crippen molar-refractivity contribution in [2.45, 2.75) is 13.8 Å². The molecule has 3 aromatic heterocycles. The van der Waals surface area contributed by atoms with Crippen molar-refractivity contribution in [3.8, 4) is 17.0 Å². The van der Waals surface area contributed by atoms with Crippen molar-refractivity contribution in [3.05, 3.63) is 58.5 Å². The van der Waals surface area contributed by atoms with E-state index in [0.717, 1.165) is 39.9 Å². The number of nitrogens with one attached hydrogen (secondary N) is 1. The summed E-state index contributed by atoms with van der Waals surface area (Å²) in [6.45, 7) is 4.06. The molecular formula is C19H18N4OS. The van der Waals surface area contributed by atoms with Crippen LogP contribution < -0.4 is 10.1 Å². The van der Waals surface area contributed by atoms with E-state index in [4.69, 9.17) is 9.72 Å². The molecule has 1 aromatic carbocycles. The summed E-state index contributed by atoms with van der Waals surface area (Å²) < 4.78 is 7.30. The van der Waals surface area contributed by atoms with Gasteiger partial charge in [0.15, 0.2) is 0 Å². The third-order valence-corrected chi connectivity index (χ3v) is 4.74. The van der Waals surface area contributed by atoms with Crippen molar-refractivity contribution in [2.75, 3.05) is 12.4 Å². The lowest BCUT2D eigenvalue weighted by molar-refractivity contribution is 0.415. The number of imidazole rings is 1. The van der Waals surface area contributed by atoms with Gasteiger partial charge in [-0.15, -0.1) is 0 Å². The molecule has 0 radical (unpaired) electrons. The second-order valence-corrected chi connectivity index (χ2v) is 6.63. The van der Waals surface area contributed by atoms with Gasteiger partial charge in [-0.05, 0) is 55.6 Å². The number of methoxy groups -OCH3 is 1. The molecule has 0 fully saturated rings. The lowest BCUT2D eigenvalue weighted by atomic mass is 10.2. The van der Waals surface area contributed by atoms with Gasteiger partial charge in [0.25, 0.3) is 0 Å². The minimum atomic E-state index is 0.703. The maximum Gasteiger partial charge on any atom is 0.236 e. The zero-order valence-electron chi connectivity index (χ0n) is 14.3. The van der Waals surface area contributed by atoms with E-state index < -0.39 is 0 Å². The number of benzene rings is 1. The quantitative estimate of drug-likeness (QED) is 0.573. The predicted molar refractivity (Wildman–Crippen MR) is 102 cm³/mol. The Balaban J connectivity index is 1.88. The van der Waals surface area contributed by atoms with Gasteiger partial charge in [0, 0.05) is 28.0 Å². The molecule has 0 unspecified atom stereocenters. The van der Waals surface area contributed by atoms with E-state index in [1.165, 1.54) is 0 Å². The van der Waals surface area contributed by atoms with Crippen LogP contribution in [0.15, 0.2) is 47.2 Å². The summed E-state index contributed by atoms with van der Waals surface area (Å²) >= 11 is 1.66. The Labute approximate surface area is 150 Å². The lowest BCUT2D eigenvalue weighted by Gasteiger charge is -2.11. The highest BCUT2D eigenvalue weighted by molar-refractivity contribution is 7.08. The first-order valence-corrected chi connectivity index (χ1v) is 8.90. The van der Waals surface area contributed by atoms with Crippen molar-refractivity contribution < 1.29 is 4.74 Å². The largest absolute Gasteiger partial charge is 0.497 e. The summed E-state index contributed by atoms with van der Waals surface area (Å²) in [5.41, 5.74) is 5.01. The number of aromatic nitrogens is 3. The fourth-order valence-corrected chi connectivity index (χ4v) is 3.54. The molecule has 6 heteroatoms. The summed E-state index contributed by atoms with van der Waals surface area (Å²) in [5.74, 6) is 2.45. The minimum Gasteiger partial charge on any atom is -0.497 e. The number of hydrogen-bond acceptors (Lipinski definition) is 5. The number of thiophene rings is 1. The number of rotatable bonds is 4. The van der Waals surface area contributed by atoms with Crippen LogP contribution in [0.4, 0.5) is 11.5 Å². The Kier molecular flexibility index (Phi) is 3.89. The molecule has 0 aliphatic carbocycles. The number of ether oxygens (including phenoxy) is 1. The van der Waals surface area contributed by atoms with Gasteiger partial charge in [0.2, 0.25) is 5.78 Å². The van der Waals surface area contributed by atoms with Gasteiger partial charge in [-0.3, -0.25) is 4.40 Å². The molecule has 3 heterocycles. The molecule has 126 valence electrons. The molecule has 1 N–H and O–H groups in total. The van der Waals surface area contributed by atoms with Crippen molar-refractivity contribution in [1.29, 1.82) is 0 Å². The molecule has 0 bridgehead atoms. The molecule has 0 saturated carbocycles. The van der Waals surface area contributed by atoms with Gasteiger partial charge in [-0.25, -0.2) is 9.97 Å². The van der Waals surface area contributed by atoms with Crippen molar-refractivity contribution in [2.24, 2.45) is 0 Å². The smallest absolute Gasteiger partial charge is 0.236 e. The summed E-state index contributed by atoms with van der Waals surface area (Å²) in [6.07, 6.45) is 0. The van der Waals surface area contributed by atoms with Crippen LogP contribution in [0.1, 0.15) is 11.4 Å². The number of aryl methyl sites for hydroxylation is 2. The third-order valence-electron chi connectivity index (χ3n) is 4.05. The average molecular weight is 350 g/mol. The summed E-state index contributed by atoms with van der Waals surface area (Å²) in [5, 5.41) is 7.66. The molecule has 0 atom stereocenters. The molecule has 0 aliphatic heterocycles. The Morgan fingerprint density at radius 1 is 1.08 bits per heavy atom. The van der Waals surface area contributed by atoms with Gasteiger partial charge in [0.1, 0.15) is 17.3 Å². The molecule has 25 heavy (non-hydrogen) atoms. The number of fused-ring (bicyclic) bond motifs is 1. The second-order valence-electron chi connectivity index (χ2n) is 5.85. The predicted octanol–water partition coefficient (Wildman–Crippen LogP) is 4.83. The van der Waals surface area contributed by atoms with Crippen molar-refractivity contribution in [1.82, 2.24) is 14.4 Å². The van der Waals surface area contributed by atoms with Gasteiger partial charge in [-0.2, -0.15) is 11.3 Å². The van der Waals surface area contributed by atoms with Crippen LogP contribution in [-0.2, 0) is 0 Å². The molecule has 4 aromatic rings. The second kappa shape index (κ2) is 6.22. The van der Waals surface area contributed by atoms with Gasteiger partial charge in [0.05, 0.1) is 7.11 Å². The van der Waals surface area contributed by atoms with Gasteiger partial charge >= 0.3 is 0 Å². The van der Waals surface area contributed by atoms with E-state index in [-0.39, 0.29) is 0 Å². The first-order chi connectivity index (χ1) is 12.2. The van der Waals surface area contributed by atoms with Gasteiger partial charge < -0.3 is 10.1 Å². The van der Waals surface area contributed by atoms with E-state index in [1.54, 1.807) is 18.4 Å². The monoisotopic (exact) mass is 350 g/mol. The molecule has 0 saturated heterocycles. The summed E-state index contributed by atoms with van der Waals surface area (Å²) in [7, 11) is 1.67. The van der Waals surface area contributed by atoms with Crippen LogP contribution >= 0.6 is 11.3 Å². The standard InChI is InChI=1S/C19H18N4OS/c1-12-10-13(2)23-18(21-15-4-6-16(24-3)7-5-15)17(22-19(23)20-12)14-8-9-25-11-14/h4-11,21H,1-3H3. The Hall–Kier alpha value is -2.86. The van der Waals surface area contributed by atoms with E-state index in [9.17, 15) is 0 Å². The SMILES string of the molecule is COc1ccc(Nc2c(-c3ccsc3)nc3nc(C)cc(C)n23)cc1. The van der Waals surface area contributed by atoms with Crippen LogP contribution in [0.3, 0.4) is 0 Å². The first kappa shape index (κ1) is 15.7. The lowest BCUT2D eigenvalue weighted by Crippen LogP contribution is -2.01. The zero-order valence-corrected chi connectivity index (χ0v) is 15.1. The van der Waals surface area contributed by atoms with E-state index in [0.29, 0.717) is 5.78 Å². The topological polar surface area (TPSA) is 51.5 Å². The molecule has 0 spiro atoms. The average Bonchev–Trinajstić information content (AvgIpc) is 3.23. The molecule has 0 amide bonds. The van der Waals surface area contributed by atoms with Crippen LogP contribution in [0, 0.1) is 13.8 Å². The number of hydrogen-bond donors (Lipinski definition) is 1. The molecule has 5 nitrogen and oxygen atoms in total. The first-order valence-electron chi connectivity index (χ1n) is 7.96. The van der Waals surface area contributed by atoms with Crippen LogP contribution in [-0.4, -0.2) is 21.5 Å². The molecule has 0 aliphatic rings. The Morgan fingerprint density at radius 3 is 2.56 bits per heavy atom. The third kappa shape index (κ3) is 2.85. The maximum absolute atomic E-state index is 5.24. The highest BCUT2D eigenvalue weighted by Gasteiger charge is 2.17. The van der Waals surface area contributed by atoms with Crippen molar-refractivity contribution in [3.63, 3.8) is 0 Å². The summed E-state index contributed by atoms with van der Waals surface area (Å²) in [4.78, 5) is 9.37. The minimum absolute atomic E-state index is 0.703. The van der Waals surface area contributed by atoms with E-state index >= 15 is 0 Å². The highest BCUT2D eigenvalue weighted by atomic mass is 32.1. The normalized spacial score (nSPS) is 11.0. The van der Waals surface area contributed by atoms with E-state index in [1.807, 2.05) is 31.2 Å².